The lowest BCUT2D eigenvalue weighted by Crippen LogP contribution is -2.10. The van der Waals surface area contributed by atoms with Crippen molar-refractivity contribution in [3.05, 3.63) is 4.88 Å². The number of alkyl halides is 3. The van der Waals surface area contributed by atoms with Crippen LogP contribution in [0.4, 0.5) is 23.9 Å². The monoisotopic (exact) mass is 324 g/mol. The summed E-state index contributed by atoms with van der Waals surface area (Å²) in [6.07, 6.45) is -5.09. The van der Waals surface area contributed by atoms with Crippen molar-refractivity contribution >= 4 is 27.8 Å². The Morgan fingerprint density at radius 1 is 1.43 bits per heavy atom. The topological polar surface area (TPSA) is 64.3 Å². The first-order valence-electron chi connectivity index (χ1n) is 6.48. The predicted molar refractivity (Wildman–Crippen MR) is 78.2 cm³/mol. The van der Waals surface area contributed by atoms with Crippen LogP contribution >= 0.6 is 11.3 Å². The second-order valence-corrected chi connectivity index (χ2v) is 5.89. The van der Waals surface area contributed by atoms with E-state index in [2.05, 4.69) is 5.32 Å². The van der Waals surface area contributed by atoms with Crippen LogP contribution in [0, 0.1) is 5.92 Å². The molecule has 4 nitrogen and oxygen atoms in total. The summed E-state index contributed by atoms with van der Waals surface area (Å²) in [4.78, 5) is 12.4. The van der Waals surface area contributed by atoms with Gasteiger partial charge in [-0.3, -0.25) is 4.79 Å². The minimum atomic E-state index is -4.17. The van der Waals surface area contributed by atoms with E-state index < -0.39 is 12.6 Å². The van der Waals surface area contributed by atoms with Gasteiger partial charge >= 0.3 is 6.18 Å². The smallest absolute Gasteiger partial charge is 0.389 e. The maximum Gasteiger partial charge on any atom is 0.389 e. The van der Waals surface area contributed by atoms with Crippen LogP contribution in [0.3, 0.4) is 0 Å². The quantitative estimate of drug-likeness (QED) is 0.589. The van der Waals surface area contributed by atoms with Crippen molar-refractivity contribution in [2.75, 3.05) is 24.7 Å². The fourth-order valence-corrected chi connectivity index (χ4v) is 2.89. The number of methoxy groups -OCH3 is 1. The number of ether oxygens (including phenoxy) is 1. The van der Waals surface area contributed by atoms with E-state index in [0.717, 1.165) is 11.3 Å². The molecule has 0 aliphatic rings. The van der Waals surface area contributed by atoms with Gasteiger partial charge in [0.2, 0.25) is 0 Å². The number of Topliss-reactive ketones (excluding diaryl/α,β-unsaturated/α-hetero) is 1. The number of nitrogens with one attached hydrogen (secondary N) is 1. The highest BCUT2D eigenvalue weighted by atomic mass is 32.1. The van der Waals surface area contributed by atoms with Crippen molar-refractivity contribution in [3.63, 3.8) is 0 Å². The molecular formula is C13H19F3N2O2S. The second kappa shape index (κ2) is 7.02. The van der Waals surface area contributed by atoms with Gasteiger partial charge in [-0.1, -0.05) is 13.8 Å². The standard InChI is InChI=1S/C13H19F3N2O2S/c1-7(2)9(19)11-8(17)10(20-3)12(21-11)18-6-4-5-13(14,15)16/h7,18H,4-6,17H2,1-3H3. The van der Waals surface area contributed by atoms with Gasteiger partial charge in [0.1, 0.15) is 5.00 Å². The third-order valence-corrected chi connectivity index (χ3v) is 3.93. The molecule has 0 spiro atoms. The second-order valence-electron chi connectivity index (χ2n) is 4.87. The van der Waals surface area contributed by atoms with Crippen LogP contribution in [0.5, 0.6) is 5.75 Å². The van der Waals surface area contributed by atoms with Gasteiger partial charge in [0.05, 0.1) is 17.7 Å². The lowest BCUT2D eigenvalue weighted by Gasteiger charge is -2.08. The first kappa shape index (κ1) is 17.6. The molecule has 0 aliphatic carbocycles. The Kier molecular flexibility index (Phi) is 5.88. The Morgan fingerprint density at radius 3 is 2.52 bits per heavy atom. The Hall–Kier alpha value is -1.44. The molecule has 1 heterocycles. The highest BCUT2D eigenvalue weighted by Crippen LogP contribution is 2.43. The van der Waals surface area contributed by atoms with Crippen molar-refractivity contribution in [2.45, 2.75) is 32.9 Å². The SMILES string of the molecule is COc1c(NCCCC(F)(F)F)sc(C(=O)C(C)C)c1N. The zero-order valence-electron chi connectivity index (χ0n) is 12.1. The van der Waals surface area contributed by atoms with E-state index in [1.807, 2.05) is 0 Å². The maximum absolute atomic E-state index is 12.1. The van der Waals surface area contributed by atoms with Crippen LogP contribution in [-0.2, 0) is 0 Å². The fourth-order valence-electron chi connectivity index (χ4n) is 1.68. The first-order chi connectivity index (χ1) is 9.67. The molecule has 21 heavy (non-hydrogen) atoms. The Labute approximate surface area is 125 Å². The van der Waals surface area contributed by atoms with Gasteiger partial charge in [-0.25, -0.2) is 0 Å². The minimum absolute atomic E-state index is 0.0576. The summed E-state index contributed by atoms with van der Waals surface area (Å²) >= 11 is 1.11. The molecule has 0 saturated carbocycles. The number of ketones is 1. The van der Waals surface area contributed by atoms with E-state index in [1.54, 1.807) is 13.8 Å². The fraction of sp³-hybridized carbons (Fsp3) is 0.615. The van der Waals surface area contributed by atoms with Gasteiger partial charge in [0.15, 0.2) is 11.5 Å². The van der Waals surface area contributed by atoms with Gasteiger partial charge in [-0.2, -0.15) is 13.2 Å². The van der Waals surface area contributed by atoms with Gasteiger partial charge < -0.3 is 15.8 Å². The van der Waals surface area contributed by atoms with Crippen LogP contribution in [0.25, 0.3) is 0 Å². The number of halogens is 3. The molecule has 8 heteroatoms. The zero-order valence-corrected chi connectivity index (χ0v) is 13.0. The number of carbonyl (C=O) groups is 1. The molecule has 0 aromatic carbocycles. The van der Waals surface area contributed by atoms with Crippen molar-refractivity contribution in [1.82, 2.24) is 0 Å². The van der Waals surface area contributed by atoms with Crippen LogP contribution in [0.1, 0.15) is 36.4 Å². The summed E-state index contributed by atoms with van der Waals surface area (Å²) in [5.41, 5.74) is 6.11. The van der Waals surface area contributed by atoms with Gasteiger partial charge in [-0.15, -0.1) is 11.3 Å². The third-order valence-electron chi connectivity index (χ3n) is 2.77. The van der Waals surface area contributed by atoms with E-state index in [-0.39, 0.29) is 30.4 Å². The minimum Gasteiger partial charge on any atom is -0.492 e. The molecule has 1 aromatic rings. The van der Waals surface area contributed by atoms with Crippen LogP contribution in [0.2, 0.25) is 0 Å². The van der Waals surface area contributed by atoms with Gasteiger partial charge in [0, 0.05) is 18.9 Å². The van der Waals surface area contributed by atoms with E-state index in [1.165, 1.54) is 7.11 Å². The number of carbonyl (C=O) groups excluding carboxylic acids is 1. The summed E-state index contributed by atoms with van der Waals surface area (Å²) in [5, 5.41) is 3.34. The highest BCUT2D eigenvalue weighted by molar-refractivity contribution is 7.19. The Bertz CT molecular complexity index is 498. The number of hydrogen-bond donors (Lipinski definition) is 2. The summed E-state index contributed by atoms with van der Waals surface area (Å²) in [7, 11) is 1.41. The molecule has 0 bridgehead atoms. The van der Waals surface area contributed by atoms with E-state index in [4.69, 9.17) is 10.5 Å². The molecule has 0 unspecified atom stereocenters. The molecule has 0 fully saturated rings. The molecule has 0 atom stereocenters. The molecule has 0 aliphatic heterocycles. The molecule has 3 N–H and O–H groups in total. The number of hydrogen-bond acceptors (Lipinski definition) is 5. The van der Waals surface area contributed by atoms with Crippen molar-refractivity contribution < 1.29 is 22.7 Å². The van der Waals surface area contributed by atoms with E-state index in [0.29, 0.717) is 15.6 Å². The molecular weight excluding hydrogens is 305 g/mol. The number of thiophene rings is 1. The first-order valence-corrected chi connectivity index (χ1v) is 7.30. The molecule has 1 aromatic heterocycles. The van der Waals surface area contributed by atoms with E-state index in [9.17, 15) is 18.0 Å². The van der Waals surface area contributed by atoms with Crippen LogP contribution < -0.4 is 15.8 Å². The van der Waals surface area contributed by atoms with Crippen LogP contribution in [-0.4, -0.2) is 25.6 Å². The van der Waals surface area contributed by atoms with Gasteiger partial charge in [0.25, 0.3) is 0 Å². The lowest BCUT2D eigenvalue weighted by atomic mass is 10.1. The highest BCUT2D eigenvalue weighted by Gasteiger charge is 2.26. The summed E-state index contributed by atoms with van der Waals surface area (Å²) < 4.78 is 41.4. The number of rotatable bonds is 7. The third kappa shape index (κ3) is 4.80. The lowest BCUT2D eigenvalue weighted by molar-refractivity contribution is -0.134. The van der Waals surface area contributed by atoms with Crippen molar-refractivity contribution in [1.29, 1.82) is 0 Å². The van der Waals surface area contributed by atoms with Crippen molar-refractivity contribution in [3.8, 4) is 5.75 Å². The summed E-state index contributed by atoms with van der Waals surface area (Å²) in [6.45, 7) is 3.64. The molecule has 0 saturated heterocycles. The summed E-state index contributed by atoms with van der Waals surface area (Å²) in [6, 6.07) is 0. The van der Waals surface area contributed by atoms with Crippen molar-refractivity contribution in [2.24, 2.45) is 5.92 Å². The Morgan fingerprint density at radius 2 is 2.05 bits per heavy atom. The van der Waals surface area contributed by atoms with E-state index >= 15 is 0 Å². The van der Waals surface area contributed by atoms with Gasteiger partial charge in [-0.05, 0) is 6.42 Å². The largest absolute Gasteiger partial charge is 0.492 e. The number of anilines is 2. The number of nitrogen functional groups attached to an aromatic ring is 1. The molecule has 120 valence electrons. The Balaban J connectivity index is 2.78. The average Bonchev–Trinajstić information content (AvgIpc) is 2.68. The van der Waals surface area contributed by atoms with Crippen LogP contribution in [0.15, 0.2) is 0 Å². The zero-order chi connectivity index (χ0) is 16.2. The predicted octanol–water partition coefficient (Wildman–Crippen LogP) is 3.93. The molecule has 0 amide bonds. The average molecular weight is 324 g/mol. The number of nitrogens with two attached hydrogens (primary N) is 1. The normalized spacial score (nSPS) is 11.8. The molecule has 0 radical (unpaired) electrons. The summed E-state index contributed by atoms with van der Waals surface area (Å²) in [5.74, 6) is -0.0103. The molecule has 1 rings (SSSR count). The maximum atomic E-state index is 12.1.